The van der Waals surface area contributed by atoms with Gasteiger partial charge in [-0.15, -0.1) is 0 Å². The van der Waals surface area contributed by atoms with Crippen molar-refractivity contribution in [3.8, 4) is 5.69 Å². The maximum absolute atomic E-state index is 12.4. The van der Waals surface area contributed by atoms with Gasteiger partial charge in [0.05, 0.1) is 24.0 Å². The van der Waals surface area contributed by atoms with Crippen LogP contribution in [-0.4, -0.2) is 32.9 Å². The van der Waals surface area contributed by atoms with E-state index in [0.717, 1.165) is 36.9 Å². The van der Waals surface area contributed by atoms with Crippen molar-refractivity contribution in [2.45, 2.75) is 38.1 Å². The van der Waals surface area contributed by atoms with Gasteiger partial charge in [0.1, 0.15) is 0 Å². The molecule has 22 heavy (non-hydrogen) atoms. The minimum Gasteiger partial charge on any atom is -0.394 e. The Balaban J connectivity index is 1.73. The number of carbonyl (C=O) groups excluding carboxylic acids is 1. The van der Waals surface area contributed by atoms with Crippen LogP contribution >= 0.6 is 0 Å². The van der Waals surface area contributed by atoms with Gasteiger partial charge in [-0.1, -0.05) is 12.8 Å². The molecule has 1 aliphatic rings. The van der Waals surface area contributed by atoms with Crippen molar-refractivity contribution < 1.29 is 9.90 Å². The molecular weight excluding hydrogens is 278 g/mol. The van der Waals surface area contributed by atoms with E-state index in [1.54, 1.807) is 23.0 Å². The van der Waals surface area contributed by atoms with Crippen LogP contribution in [0, 0.1) is 6.92 Å². The average Bonchev–Trinajstić information content (AvgIpc) is 3.17. The minimum atomic E-state index is -0.436. The van der Waals surface area contributed by atoms with Gasteiger partial charge >= 0.3 is 0 Å². The predicted octanol–water partition coefficient (Wildman–Crippen LogP) is 2.22. The largest absolute Gasteiger partial charge is 0.394 e. The van der Waals surface area contributed by atoms with Gasteiger partial charge in [0, 0.05) is 11.8 Å². The number of carbonyl (C=O) groups is 1. The number of nitrogens with one attached hydrogen (secondary N) is 1. The molecule has 0 bridgehead atoms. The summed E-state index contributed by atoms with van der Waals surface area (Å²) in [5.41, 5.74) is 2.18. The quantitative estimate of drug-likeness (QED) is 0.909. The van der Waals surface area contributed by atoms with Gasteiger partial charge in [-0.3, -0.25) is 4.79 Å². The molecule has 5 nitrogen and oxygen atoms in total. The minimum absolute atomic E-state index is 0.00336. The van der Waals surface area contributed by atoms with Crippen molar-refractivity contribution in [1.82, 2.24) is 15.1 Å². The smallest absolute Gasteiger partial charge is 0.251 e. The third-order valence-corrected chi connectivity index (χ3v) is 4.35. The van der Waals surface area contributed by atoms with Crippen molar-refractivity contribution >= 4 is 5.91 Å². The summed E-state index contributed by atoms with van der Waals surface area (Å²) in [5.74, 6) is -0.126. The monoisotopic (exact) mass is 299 g/mol. The second-order valence-corrected chi connectivity index (χ2v) is 6.11. The summed E-state index contributed by atoms with van der Waals surface area (Å²) in [6.07, 6.45) is 7.54. The van der Waals surface area contributed by atoms with Crippen LogP contribution in [0.2, 0.25) is 0 Å². The normalized spacial score (nSPS) is 16.6. The van der Waals surface area contributed by atoms with E-state index in [1.165, 1.54) is 0 Å². The molecule has 1 aliphatic carbocycles. The van der Waals surface area contributed by atoms with Crippen molar-refractivity contribution in [2.75, 3.05) is 6.61 Å². The number of amides is 1. The zero-order valence-electron chi connectivity index (χ0n) is 12.7. The molecule has 1 aromatic carbocycles. The van der Waals surface area contributed by atoms with E-state index < -0.39 is 5.54 Å². The van der Waals surface area contributed by atoms with E-state index in [4.69, 9.17) is 0 Å². The van der Waals surface area contributed by atoms with Gasteiger partial charge in [0.2, 0.25) is 0 Å². The number of rotatable bonds is 4. The van der Waals surface area contributed by atoms with Gasteiger partial charge < -0.3 is 10.4 Å². The van der Waals surface area contributed by atoms with Crippen LogP contribution in [0.25, 0.3) is 5.69 Å². The van der Waals surface area contributed by atoms with E-state index >= 15 is 0 Å². The van der Waals surface area contributed by atoms with Gasteiger partial charge in [-0.05, 0) is 49.6 Å². The molecule has 0 aliphatic heterocycles. The molecule has 0 unspecified atom stereocenters. The fourth-order valence-electron chi connectivity index (χ4n) is 3.01. The first-order valence-corrected chi connectivity index (χ1v) is 7.67. The number of benzene rings is 1. The summed E-state index contributed by atoms with van der Waals surface area (Å²) >= 11 is 0. The molecule has 3 rings (SSSR count). The van der Waals surface area contributed by atoms with Crippen molar-refractivity contribution in [3.63, 3.8) is 0 Å². The summed E-state index contributed by atoms with van der Waals surface area (Å²) in [6.45, 7) is 1.99. The number of aromatic nitrogens is 2. The molecule has 116 valence electrons. The lowest BCUT2D eigenvalue weighted by Crippen LogP contribution is -2.49. The first kappa shape index (κ1) is 14.8. The molecule has 2 aromatic rings. The number of hydrogen-bond acceptors (Lipinski definition) is 3. The van der Waals surface area contributed by atoms with E-state index in [-0.39, 0.29) is 12.5 Å². The highest BCUT2D eigenvalue weighted by Crippen LogP contribution is 2.29. The molecule has 1 amide bonds. The molecule has 0 radical (unpaired) electrons. The molecule has 2 N–H and O–H groups in total. The van der Waals surface area contributed by atoms with E-state index in [1.807, 2.05) is 25.3 Å². The lowest BCUT2D eigenvalue weighted by Gasteiger charge is -2.28. The van der Waals surface area contributed by atoms with E-state index in [0.29, 0.717) is 5.56 Å². The molecule has 5 heteroatoms. The second-order valence-electron chi connectivity index (χ2n) is 6.11. The standard InChI is InChI=1S/C17H21N3O2/c1-13-10-18-20(11-13)15-6-4-14(5-7-15)16(22)19-17(12-21)8-2-3-9-17/h4-7,10-11,21H,2-3,8-9,12H2,1H3,(H,19,22). The summed E-state index contributed by atoms with van der Waals surface area (Å²) < 4.78 is 1.78. The Kier molecular flexibility index (Phi) is 3.98. The lowest BCUT2D eigenvalue weighted by molar-refractivity contribution is 0.0838. The Labute approximate surface area is 130 Å². The van der Waals surface area contributed by atoms with Crippen LogP contribution in [-0.2, 0) is 0 Å². The first-order valence-electron chi connectivity index (χ1n) is 7.67. The van der Waals surface area contributed by atoms with Crippen LogP contribution in [0.5, 0.6) is 0 Å². The highest BCUT2D eigenvalue weighted by atomic mass is 16.3. The Bertz CT molecular complexity index is 655. The Hall–Kier alpha value is -2.14. The van der Waals surface area contributed by atoms with Gasteiger partial charge in [-0.25, -0.2) is 4.68 Å². The Morgan fingerprint density at radius 3 is 2.55 bits per heavy atom. The number of hydrogen-bond donors (Lipinski definition) is 2. The third kappa shape index (κ3) is 2.90. The van der Waals surface area contributed by atoms with Crippen LogP contribution in [0.3, 0.4) is 0 Å². The third-order valence-electron chi connectivity index (χ3n) is 4.35. The lowest BCUT2D eigenvalue weighted by atomic mass is 9.98. The van der Waals surface area contributed by atoms with Gasteiger partial charge in [0.25, 0.3) is 5.91 Å². The molecule has 1 heterocycles. The number of nitrogens with zero attached hydrogens (tertiary/aromatic N) is 2. The molecule has 0 atom stereocenters. The first-order chi connectivity index (χ1) is 10.6. The number of aliphatic hydroxyl groups excluding tert-OH is 1. The maximum atomic E-state index is 12.4. The number of aliphatic hydroxyl groups is 1. The molecular formula is C17H21N3O2. The van der Waals surface area contributed by atoms with E-state index in [9.17, 15) is 9.90 Å². The van der Waals surface area contributed by atoms with Gasteiger partial charge in [-0.2, -0.15) is 5.10 Å². The summed E-state index contributed by atoms with van der Waals surface area (Å²) in [7, 11) is 0. The Morgan fingerprint density at radius 2 is 2.00 bits per heavy atom. The summed E-state index contributed by atoms with van der Waals surface area (Å²) in [5, 5.41) is 16.8. The summed E-state index contributed by atoms with van der Waals surface area (Å²) in [4.78, 5) is 12.4. The average molecular weight is 299 g/mol. The molecule has 0 saturated heterocycles. The predicted molar refractivity (Wildman–Crippen MR) is 84.1 cm³/mol. The van der Waals surface area contributed by atoms with Crippen LogP contribution in [0.15, 0.2) is 36.7 Å². The van der Waals surface area contributed by atoms with E-state index in [2.05, 4.69) is 10.4 Å². The highest BCUT2D eigenvalue weighted by molar-refractivity contribution is 5.94. The van der Waals surface area contributed by atoms with Gasteiger partial charge in [0.15, 0.2) is 0 Å². The topological polar surface area (TPSA) is 67.2 Å². The molecule has 1 saturated carbocycles. The van der Waals surface area contributed by atoms with Crippen molar-refractivity contribution in [2.24, 2.45) is 0 Å². The highest BCUT2D eigenvalue weighted by Gasteiger charge is 2.34. The molecule has 1 fully saturated rings. The molecule has 0 spiro atoms. The Morgan fingerprint density at radius 1 is 1.32 bits per heavy atom. The molecule has 1 aromatic heterocycles. The fraction of sp³-hybridized carbons (Fsp3) is 0.412. The fourth-order valence-corrected chi connectivity index (χ4v) is 3.01. The zero-order chi connectivity index (χ0) is 15.6. The van der Waals surface area contributed by atoms with Crippen LogP contribution in [0.4, 0.5) is 0 Å². The van der Waals surface area contributed by atoms with Crippen LogP contribution in [0.1, 0.15) is 41.6 Å². The second kappa shape index (κ2) is 5.93. The van der Waals surface area contributed by atoms with Crippen molar-refractivity contribution in [3.05, 3.63) is 47.8 Å². The maximum Gasteiger partial charge on any atom is 0.251 e. The summed E-state index contributed by atoms with van der Waals surface area (Å²) in [6, 6.07) is 7.34. The van der Waals surface area contributed by atoms with Crippen molar-refractivity contribution in [1.29, 1.82) is 0 Å². The SMILES string of the molecule is Cc1cnn(-c2ccc(C(=O)NC3(CO)CCCC3)cc2)c1. The number of aryl methyl sites for hydroxylation is 1. The zero-order valence-corrected chi connectivity index (χ0v) is 12.7. The van der Waals surface area contributed by atoms with Crippen LogP contribution < -0.4 is 5.32 Å².